The summed E-state index contributed by atoms with van der Waals surface area (Å²) in [6.07, 6.45) is 1.03. The van der Waals surface area contributed by atoms with Gasteiger partial charge in [0.15, 0.2) is 0 Å². The minimum absolute atomic E-state index is 0.0976. The fourth-order valence-corrected chi connectivity index (χ4v) is 2.52. The van der Waals surface area contributed by atoms with E-state index >= 15 is 0 Å². The third-order valence-corrected chi connectivity index (χ3v) is 3.64. The third kappa shape index (κ3) is 2.47. The summed E-state index contributed by atoms with van der Waals surface area (Å²) in [6, 6.07) is 0. The van der Waals surface area contributed by atoms with E-state index in [1.807, 2.05) is 13.8 Å². The fourth-order valence-electron chi connectivity index (χ4n) is 2.04. The maximum absolute atomic E-state index is 11.2. The Morgan fingerprint density at radius 1 is 1.40 bits per heavy atom. The zero-order valence-corrected chi connectivity index (χ0v) is 12.0. The van der Waals surface area contributed by atoms with E-state index in [-0.39, 0.29) is 10.6 Å². The Labute approximate surface area is 119 Å². The highest BCUT2D eigenvalue weighted by Crippen LogP contribution is 2.26. The van der Waals surface area contributed by atoms with E-state index in [2.05, 4.69) is 20.1 Å². The Morgan fingerprint density at radius 3 is 2.70 bits per heavy atom. The highest BCUT2D eigenvalue weighted by atomic mass is 32.1. The number of aromatic nitrogens is 4. The van der Waals surface area contributed by atoms with Crippen molar-refractivity contribution in [3.63, 3.8) is 0 Å². The zero-order valence-electron chi connectivity index (χ0n) is 11.2. The molecular formula is C10H15N7O2S. The molecule has 2 aromatic heterocycles. The second-order valence-electron chi connectivity index (χ2n) is 4.06. The smallest absolute Gasteiger partial charge is 0.313 e. The van der Waals surface area contributed by atoms with Gasteiger partial charge in [-0.2, -0.15) is 5.10 Å². The third-order valence-electron chi connectivity index (χ3n) is 2.94. The minimum atomic E-state index is -0.372. The van der Waals surface area contributed by atoms with Crippen LogP contribution in [0, 0.1) is 10.1 Å². The van der Waals surface area contributed by atoms with Crippen LogP contribution >= 0.6 is 11.5 Å². The zero-order chi connectivity index (χ0) is 14.7. The van der Waals surface area contributed by atoms with Crippen molar-refractivity contribution in [2.75, 3.05) is 5.43 Å². The first-order valence-corrected chi connectivity index (χ1v) is 6.90. The lowest BCUT2D eigenvalue weighted by atomic mass is 10.2. The van der Waals surface area contributed by atoms with E-state index in [1.54, 1.807) is 4.68 Å². The Hall–Kier alpha value is -2.07. The summed E-state index contributed by atoms with van der Waals surface area (Å²) in [5.74, 6) is 5.37. The Balaban J connectivity index is 2.44. The fraction of sp³-hybridized carbons (Fsp3) is 0.500. The predicted octanol–water partition coefficient (Wildman–Crippen LogP) is 1.10. The molecule has 10 heteroatoms. The van der Waals surface area contributed by atoms with Crippen LogP contribution in [-0.4, -0.2) is 24.3 Å². The monoisotopic (exact) mass is 297 g/mol. The van der Waals surface area contributed by atoms with Crippen LogP contribution in [0.15, 0.2) is 0 Å². The summed E-state index contributed by atoms with van der Waals surface area (Å²) in [5.41, 5.74) is 4.30. The number of rotatable bonds is 6. The molecule has 0 amide bonds. The molecule has 2 rings (SSSR count). The van der Waals surface area contributed by atoms with Crippen LogP contribution in [0.1, 0.15) is 30.9 Å². The Bertz CT molecular complexity index is 621. The number of aryl methyl sites for hydroxylation is 1. The van der Waals surface area contributed by atoms with E-state index in [9.17, 15) is 10.1 Å². The van der Waals surface area contributed by atoms with Gasteiger partial charge in [0.05, 0.1) is 11.5 Å². The lowest BCUT2D eigenvalue weighted by molar-refractivity contribution is -0.386. The van der Waals surface area contributed by atoms with Crippen molar-refractivity contribution < 1.29 is 4.92 Å². The van der Waals surface area contributed by atoms with Crippen LogP contribution < -0.4 is 11.3 Å². The Morgan fingerprint density at radius 2 is 2.15 bits per heavy atom. The first-order chi connectivity index (χ1) is 9.62. The van der Waals surface area contributed by atoms with Crippen molar-refractivity contribution in [1.29, 1.82) is 0 Å². The molecule has 2 heterocycles. The molecule has 0 saturated heterocycles. The summed E-state index contributed by atoms with van der Waals surface area (Å²) in [4.78, 5) is 10.8. The number of anilines is 1. The second-order valence-corrected chi connectivity index (χ2v) is 4.81. The van der Waals surface area contributed by atoms with Gasteiger partial charge in [0.25, 0.3) is 0 Å². The van der Waals surface area contributed by atoms with Gasteiger partial charge in [-0.25, -0.2) is 5.84 Å². The lowest BCUT2D eigenvalue weighted by Crippen LogP contribution is -2.12. The Kier molecular flexibility index (Phi) is 4.25. The first kappa shape index (κ1) is 14.3. The average Bonchev–Trinajstić information content (AvgIpc) is 3.02. The van der Waals surface area contributed by atoms with Crippen molar-refractivity contribution >= 4 is 22.2 Å². The van der Waals surface area contributed by atoms with Gasteiger partial charge >= 0.3 is 5.69 Å². The molecule has 0 spiro atoms. The molecule has 0 fully saturated rings. The van der Waals surface area contributed by atoms with E-state index in [4.69, 9.17) is 5.84 Å². The molecule has 0 atom stereocenters. The van der Waals surface area contributed by atoms with Gasteiger partial charge in [-0.05, 0) is 12.8 Å². The van der Waals surface area contributed by atoms with Crippen LogP contribution in [-0.2, 0) is 19.4 Å². The second kappa shape index (κ2) is 5.92. The molecular weight excluding hydrogens is 282 g/mol. The van der Waals surface area contributed by atoms with Crippen molar-refractivity contribution in [3.8, 4) is 0 Å². The molecule has 108 valence electrons. The van der Waals surface area contributed by atoms with Crippen molar-refractivity contribution in [2.45, 2.75) is 33.2 Å². The maximum Gasteiger partial charge on any atom is 0.313 e. The van der Waals surface area contributed by atoms with Gasteiger partial charge in [0, 0.05) is 11.5 Å². The van der Waals surface area contributed by atoms with Crippen LogP contribution in [0.4, 0.5) is 10.7 Å². The summed E-state index contributed by atoms with van der Waals surface area (Å²) in [6.45, 7) is 4.01. The molecule has 0 aliphatic heterocycles. The molecule has 0 bridgehead atoms. The predicted molar refractivity (Wildman–Crippen MR) is 74.5 cm³/mol. The number of hydrogen-bond donors (Lipinski definition) is 2. The highest BCUT2D eigenvalue weighted by Gasteiger charge is 2.26. The van der Waals surface area contributed by atoms with E-state index in [0.717, 1.165) is 11.5 Å². The van der Waals surface area contributed by atoms with Crippen molar-refractivity contribution in [2.24, 2.45) is 5.84 Å². The first-order valence-electron chi connectivity index (χ1n) is 6.13. The van der Waals surface area contributed by atoms with Gasteiger partial charge in [0.2, 0.25) is 0 Å². The molecule has 3 N–H and O–H groups in total. The molecule has 0 saturated carbocycles. The lowest BCUT2D eigenvalue weighted by Gasteiger charge is -2.04. The number of nitrogens with one attached hydrogen (secondary N) is 1. The molecule has 2 aromatic rings. The number of hydrogen-bond acceptors (Lipinski definition) is 8. The number of nitrogens with zero attached hydrogens (tertiary/aromatic N) is 5. The number of nitrogen functional groups attached to an aromatic ring is 1. The number of nitro groups is 1. The molecule has 0 aromatic carbocycles. The minimum Gasteiger partial charge on any atom is -0.313 e. The highest BCUT2D eigenvalue weighted by molar-refractivity contribution is 7.10. The average molecular weight is 297 g/mol. The molecule has 0 unspecified atom stereocenters. The largest absolute Gasteiger partial charge is 0.313 e. The van der Waals surface area contributed by atoms with Gasteiger partial charge in [-0.3, -0.25) is 14.8 Å². The van der Waals surface area contributed by atoms with Gasteiger partial charge < -0.3 is 5.43 Å². The summed E-state index contributed by atoms with van der Waals surface area (Å²) < 4.78 is 5.41. The van der Waals surface area contributed by atoms with Crippen LogP contribution in [0.25, 0.3) is 0 Å². The molecule has 20 heavy (non-hydrogen) atoms. The van der Waals surface area contributed by atoms with Crippen LogP contribution in [0.2, 0.25) is 0 Å². The van der Waals surface area contributed by atoms with E-state index in [1.165, 1.54) is 0 Å². The van der Waals surface area contributed by atoms with Crippen LogP contribution in [0.5, 0.6) is 0 Å². The SMILES string of the molecule is CCc1nn(Cc2nnsc2NN)c(CC)c1[N+](=O)[O-]. The van der Waals surface area contributed by atoms with Crippen molar-refractivity contribution in [3.05, 3.63) is 27.2 Å². The molecule has 0 aliphatic carbocycles. The molecule has 0 aliphatic rings. The van der Waals surface area contributed by atoms with Gasteiger partial charge in [-0.1, -0.05) is 18.3 Å². The van der Waals surface area contributed by atoms with Gasteiger partial charge in [-0.15, -0.1) is 5.10 Å². The topological polar surface area (TPSA) is 125 Å². The summed E-state index contributed by atoms with van der Waals surface area (Å²) >= 11 is 1.13. The molecule has 9 nitrogen and oxygen atoms in total. The number of nitrogens with two attached hydrogens (primary N) is 1. The number of hydrazine groups is 1. The summed E-state index contributed by atoms with van der Waals surface area (Å²) in [5, 5.41) is 20.1. The normalized spacial score (nSPS) is 10.8. The summed E-state index contributed by atoms with van der Waals surface area (Å²) in [7, 11) is 0. The quantitative estimate of drug-likeness (QED) is 0.464. The van der Waals surface area contributed by atoms with Crippen molar-refractivity contribution in [1.82, 2.24) is 19.4 Å². The standard InChI is InChI=1S/C10H15N7O2S/c1-3-6-9(17(18)19)8(4-2)16(14-6)5-7-10(12-11)20-15-13-7/h12H,3-5,11H2,1-2H3. The maximum atomic E-state index is 11.2. The van der Waals surface area contributed by atoms with E-state index < -0.39 is 0 Å². The van der Waals surface area contributed by atoms with Crippen LogP contribution in [0.3, 0.4) is 0 Å². The van der Waals surface area contributed by atoms with E-state index in [0.29, 0.717) is 41.5 Å². The van der Waals surface area contributed by atoms with Gasteiger partial charge in [0.1, 0.15) is 22.1 Å². The molecule has 0 radical (unpaired) electrons.